The van der Waals surface area contributed by atoms with Crippen LogP contribution >= 0.6 is 0 Å². The summed E-state index contributed by atoms with van der Waals surface area (Å²) in [7, 11) is 1.93. The van der Waals surface area contributed by atoms with Crippen LogP contribution in [0.25, 0.3) is 11.0 Å². The second-order valence-corrected chi connectivity index (χ2v) is 7.10. The van der Waals surface area contributed by atoms with Gasteiger partial charge in [0, 0.05) is 49.2 Å². The lowest BCUT2D eigenvalue weighted by Crippen LogP contribution is -2.39. The Bertz CT molecular complexity index is 927. The van der Waals surface area contributed by atoms with E-state index in [1.54, 1.807) is 6.20 Å². The number of carbonyl (C=O) groups is 1. The highest BCUT2D eigenvalue weighted by Gasteiger charge is 2.25. The summed E-state index contributed by atoms with van der Waals surface area (Å²) in [5.74, 6) is 0.515. The molecule has 7 heteroatoms. The number of carbonyl (C=O) groups excluding carboxylic acids is 1. The number of hydrogen-bond acceptors (Lipinski definition) is 4. The second-order valence-electron chi connectivity index (χ2n) is 7.10. The summed E-state index contributed by atoms with van der Waals surface area (Å²) in [6.07, 6.45) is 7.02. The molecule has 1 N–H and O–H groups in total. The van der Waals surface area contributed by atoms with Gasteiger partial charge in [0.2, 0.25) is 5.91 Å². The molecule has 0 radical (unpaired) electrons. The number of hydrogen-bond donors (Lipinski definition) is 1. The number of pyridine rings is 1. The van der Waals surface area contributed by atoms with Crippen molar-refractivity contribution in [3.05, 3.63) is 41.5 Å². The van der Waals surface area contributed by atoms with Gasteiger partial charge in [0.15, 0.2) is 5.65 Å². The van der Waals surface area contributed by atoms with Crippen molar-refractivity contribution in [2.75, 3.05) is 13.1 Å². The standard InChI is InChI=1S/C19H24N6O/c1-13-14(11-21-24(13)2)6-8-18(26)25-9-3-4-16(12-25)17-7-5-15-10-20-23-19(15)22-17/h5,7,10-11,16H,3-4,6,8-9,12H2,1-2H3,(H,20,22,23)/t16-/m0/s1. The molecule has 0 bridgehead atoms. The molecule has 7 nitrogen and oxygen atoms in total. The number of amides is 1. The third-order valence-electron chi connectivity index (χ3n) is 5.46. The fourth-order valence-electron chi connectivity index (χ4n) is 3.70. The van der Waals surface area contributed by atoms with Crippen LogP contribution in [-0.4, -0.2) is 48.9 Å². The molecule has 136 valence electrons. The Morgan fingerprint density at radius 3 is 3.04 bits per heavy atom. The van der Waals surface area contributed by atoms with E-state index in [1.165, 1.54) is 0 Å². The van der Waals surface area contributed by atoms with Crippen LogP contribution in [0.15, 0.2) is 24.5 Å². The first kappa shape index (κ1) is 16.8. The highest BCUT2D eigenvalue weighted by molar-refractivity contribution is 5.77. The predicted molar refractivity (Wildman–Crippen MR) is 98.7 cm³/mol. The molecule has 3 aromatic rings. The number of H-pyrrole nitrogens is 1. The van der Waals surface area contributed by atoms with Gasteiger partial charge in [-0.3, -0.25) is 14.6 Å². The molecule has 3 aromatic heterocycles. The number of nitrogens with one attached hydrogen (secondary N) is 1. The topological polar surface area (TPSA) is 79.7 Å². The largest absolute Gasteiger partial charge is 0.342 e. The van der Waals surface area contributed by atoms with E-state index in [-0.39, 0.29) is 5.91 Å². The molecular formula is C19H24N6O. The molecule has 26 heavy (non-hydrogen) atoms. The van der Waals surface area contributed by atoms with Crippen LogP contribution in [0.1, 0.15) is 42.1 Å². The van der Waals surface area contributed by atoms with E-state index in [0.717, 1.165) is 60.3 Å². The van der Waals surface area contributed by atoms with Gasteiger partial charge in [-0.15, -0.1) is 0 Å². The smallest absolute Gasteiger partial charge is 0.222 e. The van der Waals surface area contributed by atoms with Crippen LogP contribution in [0.2, 0.25) is 0 Å². The summed E-state index contributed by atoms with van der Waals surface area (Å²) in [4.78, 5) is 19.4. The average Bonchev–Trinajstić information content (AvgIpc) is 3.26. The number of aromatic nitrogens is 5. The van der Waals surface area contributed by atoms with E-state index in [4.69, 9.17) is 4.98 Å². The third kappa shape index (κ3) is 3.21. The normalized spacial score (nSPS) is 17.8. The Hall–Kier alpha value is -2.70. The Kier molecular flexibility index (Phi) is 4.44. The zero-order valence-corrected chi connectivity index (χ0v) is 15.3. The van der Waals surface area contributed by atoms with Crippen LogP contribution in [0.3, 0.4) is 0 Å². The van der Waals surface area contributed by atoms with Gasteiger partial charge in [-0.1, -0.05) is 0 Å². The van der Waals surface area contributed by atoms with Crippen molar-refractivity contribution >= 4 is 16.9 Å². The Labute approximate surface area is 152 Å². The molecule has 0 unspecified atom stereocenters. The van der Waals surface area contributed by atoms with Crippen LogP contribution in [0.4, 0.5) is 0 Å². The first-order valence-corrected chi connectivity index (χ1v) is 9.17. The van der Waals surface area contributed by atoms with E-state index in [1.807, 2.05) is 35.8 Å². The van der Waals surface area contributed by atoms with Gasteiger partial charge in [-0.25, -0.2) is 4.98 Å². The summed E-state index contributed by atoms with van der Waals surface area (Å²) in [6.45, 7) is 3.63. The number of rotatable bonds is 4. The van der Waals surface area contributed by atoms with E-state index in [0.29, 0.717) is 12.3 Å². The van der Waals surface area contributed by atoms with Gasteiger partial charge < -0.3 is 4.90 Å². The van der Waals surface area contributed by atoms with Gasteiger partial charge in [-0.2, -0.15) is 10.2 Å². The van der Waals surface area contributed by atoms with Gasteiger partial charge in [0.25, 0.3) is 0 Å². The maximum Gasteiger partial charge on any atom is 0.222 e. The summed E-state index contributed by atoms with van der Waals surface area (Å²) in [5.41, 5.74) is 4.15. The van der Waals surface area contributed by atoms with Crippen LogP contribution in [0.5, 0.6) is 0 Å². The van der Waals surface area contributed by atoms with Gasteiger partial charge >= 0.3 is 0 Å². The SMILES string of the molecule is Cc1c(CCC(=O)N2CCC[C@H](c3ccc4cn[nH]c4n3)C2)cnn1C. The summed E-state index contributed by atoms with van der Waals surface area (Å²) >= 11 is 0. The molecule has 0 aromatic carbocycles. The Morgan fingerprint density at radius 2 is 2.23 bits per heavy atom. The fraction of sp³-hybridized carbons (Fsp3) is 0.474. The number of aryl methyl sites for hydroxylation is 2. The number of aromatic amines is 1. The molecule has 1 amide bonds. The number of fused-ring (bicyclic) bond motifs is 1. The zero-order valence-electron chi connectivity index (χ0n) is 15.3. The molecule has 4 heterocycles. The third-order valence-corrected chi connectivity index (χ3v) is 5.46. The van der Waals surface area contributed by atoms with Crippen molar-refractivity contribution in [3.8, 4) is 0 Å². The fourth-order valence-corrected chi connectivity index (χ4v) is 3.70. The maximum absolute atomic E-state index is 12.7. The lowest BCUT2D eigenvalue weighted by molar-refractivity contribution is -0.132. The molecule has 1 aliphatic heterocycles. The van der Waals surface area contributed by atoms with Crippen molar-refractivity contribution in [1.29, 1.82) is 0 Å². The van der Waals surface area contributed by atoms with Crippen LogP contribution in [-0.2, 0) is 18.3 Å². The molecule has 0 spiro atoms. The Balaban J connectivity index is 1.40. The molecule has 0 saturated carbocycles. The van der Waals surface area contributed by atoms with Crippen molar-refractivity contribution in [2.45, 2.75) is 38.5 Å². The molecular weight excluding hydrogens is 328 g/mol. The molecule has 1 atom stereocenters. The highest BCUT2D eigenvalue weighted by Crippen LogP contribution is 2.27. The predicted octanol–water partition coefficient (Wildman–Crippen LogP) is 2.34. The number of nitrogens with zero attached hydrogens (tertiary/aromatic N) is 5. The first-order chi connectivity index (χ1) is 12.6. The Morgan fingerprint density at radius 1 is 1.35 bits per heavy atom. The lowest BCUT2D eigenvalue weighted by atomic mass is 9.93. The number of likely N-dealkylation sites (tertiary alicyclic amines) is 1. The van der Waals surface area contributed by atoms with E-state index in [9.17, 15) is 4.79 Å². The summed E-state index contributed by atoms with van der Waals surface area (Å²) < 4.78 is 1.86. The van der Waals surface area contributed by atoms with Crippen molar-refractivity contribution in [1.82, 2.24) is 29.9 Å². The van der Waals surface area contributed by atoms with Gasteiger partial charge in [0.05, 0.1) is 12.4 Å². The first-order valence-electron chi connectivity index (χ1n) is 9.17. The van der Waals surface area contributed by atoms with Crippen LogP contribution < -0.4 is 0 Å². The quantitative estimate of drug-likeness (QED) is 0.781. The van der Waals surface area contributed by atoms with Gasteiger partial charge in [0.1, 0.15) is 0 Å². The molecule has 4 rings (SSSR count). The summed E-state index contributed by atoms with van der Waals surface area (Å²) in [6, 6.07) is 4.11. The van der Waals surface area contributed by atoms with E-state index in [2.05, 4.69) is 21.4 Å². The van der Waals surface area contributed by atoms with Crippen molar-refractivity contribution in [2.24, 2.45) is 7.05 Å². The van der Waals surface area contributed by atoms with Crippen molar-refractivity contribution in [3.63, 3.8) is 0 Å². The minimum atomic E-state index is 0.223. The lowest BCUT2D eigenvalue weighted by Gasteiger charge is -2.32. The second kappa shape index (κ2) is 6.90. The van der Waals surface area contributed by atoms with E-state index < -0.39 is 0 Å². The van der Waals surface area contributed by atoms with Crippen LogP contribution in [0, 0.1) is 6.92 Å². The highest BCUT2D eigenvalue weighted by atomic mass is 16.2. The molecule has 1 aliphatic rings. The average molecular weight is 352 g/mol. The number of piperidine rings is 1. The minimum absolute atomic E-state index is 0.223. The maximum atomic E-state index is 12.7. The van der Waals surface area contributed by atoms with Crippen molar-refractivity contribution < 1.29 is 4.79 Å². The zero-order chi connectivity index (χ0) is 18.1. The van der Waals surface area contributed by atoms with E-state index >= 15 is 0 Å². The van der Waals surface area contributed by atoms with Gasteiger partial charge in [-0.05, 0) is 43.9 Å². The minimum Gasteiger partial charge on any atom is -0.342 e. The molecule has 0 aliphatic carbocycles. The monoisotopic (exact) mass is 352 g/mol. The molecule has 1 fully saturated rings. The molecule has 1 saturated heterocycles. The summed E-state index contributed by atoms with van der Waals surface area (Å²) in [5, 5.41) is 12.2.